The number of ether oxygens (including phenoxy) is 2. The molecule has 26 heavy (non-hydrogen) atoms. The van der Waals surface area contributed by atoms with E-state index < -0.39 is 0 Å². The summed E-state index contributed by atoms with van der Waals surface area (Å²) in [5.74, 6) is 1.73. The lowest BCUT2D eigenvalue weighted by molar-refractivity contribution is 0.161. The maximum atomic E-state index is 5.65. The Bertz CT molecular complexity index is 995. The van der Waals surface area contributed by atoms with Gasteiger partial charge in [0.25, 0.3) is 0 Å². The fourth-order valence-electron chi connectivity index (χ4n) is 3.58. The molecule has 2 aliphatic heterocycles. The van der Waals surface area contributed by atoms with E-state index in [0.29, 0.717) is 13.2 Å². The van der Waals surface area contributed by atoms with Gasteiger partial charge in [-0.25, -0.2) is 4.98 Å². The van der Waals surface area contributed by atoms with Crippen LogP contribution >= 0.6 is 0 Å². The molecule has 0 amide bonds. The van der Waals surface area contributed by atoms with E-state index in [0.717, 1.165) is 49.0 Å². The van der Waals surface area contributed by atoms with Crippen molar-refractivity contribution in [2.75, 3.05) is 25.1 Å². The highest BCUT2D eigenvalue weighted by atomic mass is 16.5. The van der Waals surface area contributed by atoms with Crippen molar-refractivity contribution in [3.8, 4) is 5.75 Å². The predicted molar refractivity (Wildman–Crippen MR) is 97.2 cm³/mol. The number of nitrogens with one attached hydrogen (secondary N) is 1. The van der Waals surface area contributed by atoms with Crippen molar-refractivity contribution in [1.82, 2.24) is 19.6 Å². The highest BCUT2D eigenvalue weighted by Crippen LogP contribution is 2.29. The van der Waals surface area contributed by atoms with Crippen molar-refractivity contribution in [2.24, 2.45) is 0 Å². The monoisotopic (exact) mass is 349 g/mol. The zero-order chi connectivity index (χ0) is 17.3. The summed E-state index contributed by atoms with van der Waals surface area (Å²) < 4.78 is 13.0. The minimum atomic E-state index is 0.636. The van der Waals surface area contributed by atoms with Crippen molar-refractivity contribution >= 4 is 17.2 Å². The molecular weight excluding hydrogens is 330 g/mol. The molecule has 2 aliphatic rings. The molecule has 132 valence electrons. The molecule has 0 saturated carbocycles. The Hall–Kier alpha value is -2.93. The molecule has 2 aromatic heterocycles. The van der Waals surface area contributed by atoms with Crippen LogP contribution in [-0.2, 0) is 17.7 Å². The standard InChI is InChI=1S/C19H19N5O2/c1-2-14(15-6-9-26-17(15)3-1)10-20-19-21-11-16(13-4-7-25-8-5-13)18-23-22-12-24(18)19/h1-4,11-12H,5-10H2,(H,20,21). The molecule has 1 N–H and O–H groups in total. The summed E-state index contributed by atoms with van der Waals surface area (Å²) in [5.41, 5.74) is 5.57. The van der Waals surface area contributed by atoms with Gasteiger partial charge in [-0.1, -0.05) is 18.2 Å². The molecule has 0 unspecified atom stereocenters. The average Bonchev–Trinajstić information content (AvgIpc) is 3.36. The molecule has 7 heteroatoms. The van der Waals surface area contributed by atoms with Crippen LogP contribution in [0.2, 0.25) is 0 Å². The first-order valence-corrected chi connectivity index (χ1v) is 8.83. The van der Waals surface area contributed by atoms with E-state index in [4.69, 9.17) is 9.47 Å². The topological polar surface area (TPSA) is 73.6 Å². The van der Waals surface area contributed by atoms with Crippen molar-refractivity contribution in [1.29, 1.82) is 0 Å². The molecule has 0 bridgehead atoms. The Morgan fingerprint density at radius 2 is 2.19 bits per heavy atom. The second kappa shape index (κ2) is 6.42. The molecule has 5 rings (SSSR count). The van der Waals surface area contributed by atoms with Gasteiger partial charge in [0.2, 0.25) is 5.95 Å². The maximum absolute atomic E-state index is 5.65. The van der Waals surface area contributed by atoms with Gasteiger partial charge in [0.1, 0.15) is 12.1 Å². The lowest BCUT2D eigenvalue weighted by Crippen LogP contribution is -2.10. The summed E-state index contributed by atoms with van der Waals surface area (Å²) in [7, 11) is 0. The Balaban J connectivity index is 1.45. The third kappa shape index (κ3) is 2.61. The van der Waals surface area contributed by atoms with Gasteiger partial charge in [-0.3, -0.25) is 4.40 Å². The van der Waals surface area contributed by atoms with E-state index in [2.05, 4.69) is 32.6 Å². The highest BCUT2D eigenvalue weighted by Gasteiger charge is 2.17. The summed E-state index contributed by atoms with van der Waals surface area (Å²) in [6, 6.07) is 6.19. The van der Waals surface area contributed by atoms with Crippen LogP contribution < -0.4 is 10.1 Å². The lowest BCUT2D eigenvalue weighted by Gasteiger charge is -2.15. The summed E-state index contributed by atoms with van der Waals surface area (Å²) in [4.78, 5) is 4.62. The second-order valence-electron chi connectivity index (χ2n) is 6.42. The van der Waals surface area contributed by atoms with Crippen molar-refractivity contribution in [2.45, 2.75) is 19.4 Å². The predicted octanol–water partition coefficient (Wildman–Crippen LogP) is 2.48. The highest BCUT2D eigenvalue weighted by molar-refractivity contribution is 5.76. The van der Waals surface area contributed by atoms with Crippen LogP contribution in [0.25, 0.3) is 11.2 Å². The SMILES string of the molecule is C1=C(c2cnc(NCc3cccc4c3CCO4)n3cnnc23)CCOC1. The molecule has 0 aliphatic carbocycles. The smallest absolute Gasteiger partial charge is 0.210 e. The van der Waals surface area contributed by atoms with Crippen LogP contribution in [0, 0.1) is 0 Å². The minimum absolute atomic E-state index is 0.636. The molecule has 0 spiro atoms. The van der Waals surface area contributed by atoms with Crippen molar-refractivity contribution in [3.63, 3.8) is 0 Å². The van der Waals surface area contributed by atoms with Gasteiger partial charge in [-0.2, -0.15) is 0 Å². The second-order valence-corrected chi connectivity index (χ2v) is 6.42. The van der Waals surface area contributed by atoms with E-state index in [1.807, 2.05) is 22.7 Å². The van der Waals surface area contributed by atoms with Crippen LogP contribution in [0.1, 0.15) is 23.1 Å². The molecular formula is C19H19N5O2. The molecule has 0 fully saturated rings. The van der Waals surface area contributed by atoms with Gasteiger partial charge < -0.3 is 14.8 Å². The van der Waals surface area contributed by atoms with Crippen molar-refractivity contribution in [3.05, 3.63) is 53.5 Å². The number of fused-ring (bicyclic) bond motifs is 2. The van der Waals surface area contributed by atoms with Gasteiger partial charge in [-0.15, -0.1) is 10.2 Å². The number of nitrogens with zero attached hydrogens (tertiary/aromatic N) is 4. The van der Waals surface area contributed by atoms with Gasteiger partial charge in [0, 0.05) is 30.3 Å². The molecule has 0 saturated heterocycles. The van der Waals surface area contributed by atoms with Crippen LogP contribution in [0.3, 0.4) is 0 Å². The van der Waals surface area contributed by atoms with Crippen LogP contribution in [0.4, 0.5) is 5.95 Å². The van der Waals surface area contributed by atoms with Gasteiger partial charge >= 0.3 is 0 Å². The van der Waals surface area contributed by atoms with Crippen LogP contribution in [-0.4, -0.2) is 39.4 Å². The Labute approximate surface area is 150 Å². The normalized spacial score (nSPS) is 16.2. The fourth-order valence-corrected chi connectivity index (χ4v) is 3.58. The molecule has 0 radical (unpaired) electrons. The quantitative estimate of drug-likeness (QED) is 0.780. The van der Waals surface area contributed by atoms with E-state index >= 15 is 0 Å². The van der Waals surface area contributed by atoms with Crippen LogP contribution in [0.5, 0.6) is 5.75 Å². The van der Waals surface area contributed by atoms with Gasteiger partial charge in [0.15, 0.2) is 5.65 Å². The van der Waals surface area contributed by atoms with E-state index in [1.54, 1.807) is 6.33 Å². The number of aromatic nitrogens is 4. The molecule has 4 heterocycles. The maximum Gasteiger partial charge on any atom is 0.210 e. The Morgan fingerprint density at radius 3 is 3.12 bits per heavy atom. The number of anilines is 1. The average molecular weight is 349 g/mol. The first-order valence-electron chi connectivity index (χ1n) is 8.83. The van der Waals surface area contributed by atoms with Crippen LogP contribution in [0.15, 0.2) is 36.8 Å². The first kappa shape index (κ1) is 15.3. The zero-order valence-electron chi connectivity index (χ0n) is 14.3. The fraction of sp³-hybridized carbons (Fsp3) is 0.316. The van der Waals surface area contributed by atoms with Gasteiger partial charge in [0.05, 0.1) is 19.8 Å². The molecule has 1 aromatic carbocycles. The van der Waals surface area contributed by atoms with Crippen molar-refractivity contribution < 1.29 is 9.47 Å². The van der Waals surface area contributed by atoms with Gasteiger partial charge in [-0.05, 0) is 23.6 Å². The molecule has 0 atom stereocenters. The third-order valence-corrected chi connectivity index (χ3v) is 4.92. The number of rotatable bonds is 4. The number of hydrogen-bond acceptors (Lipinski definition) is 6. The minimum Gasteiger partial charge on any atom is -0.493 e. The molecule has 7 nitrogen and oxygen atoms in total. The lowest BCUT2D eigenvalue weighted by atomic mass is 10.0. The summed E-state index contributed by atoms with van der Waals surface area (Å²) in [5, 5.41) is 11.8. The Morgan fingerprint density at radius 1 is 1.19 bits per heavy atom. The summed E-state index contributed by atoms with van der Waals surface area (Å²) in [6.07, 6.45) is 7.50. The van der Waals surface area contributed by atoms with E-state index in [-0.39, 0.29) is 0 Å². The third-order valence-electron chi connectivity index (χ3n) is 4.92. The Kier molecular flexibility index (Phi) is 3.79. The molecule has 3 aromatic rings. The first-order chi connectivity index (χ1) is 12.9. The zero-order valence-corrected chi connectivity index (χ0v) is 14.3. The van der Waals surface area contributed by atoms with E-state index in [9.17, 15) is 0 Å². The summed E-state index contributed by atoms with van der Waals surface area (Å²) >= 11 is 0. The largest absolute Gasteiger partial charge is 0.493 e. The number of hydrogen-bond donors (Lipinski definition) is 1. The summed E-state index contributed by atoms with van der Waals surface area (Å²) in [6.45, 7) is 2.81. The van der Waals surface area contributed by atoms with E-state index in [1.165, 1.54) is 16.7 Å². The number of benzene rings is 1.